The van der Waals surface area contributed by atoms with Crippen LogP contribution in [-0.4, -0.2) is 34.5 Å². The van der Waals surface area contributed by atoms with Crippen molar-refractivity contribution in [1.82, 2.24) is 4.90 Å². The molecule has 1 atom stereocenters. The van der Waals surface area contributed by atoms with Gasteiger partial charge < -0.3 is 4.74 Å². The second kappa shape index (κ2) is 5.12. The summed E-state index contributed by atoms with van der Waals surface area (Å²) in [6, 6.07) is 0. The summed E-state index contributed by atoms with van der Waals surface area (Å²) in [5, 5.41) is 0. The van der Waals surface area contributed by atoms with Crippen molar-refractivity contribution < 1.29 is 14.3 Å². The van der Waals surface area contributed by atoms with E-state index in [2.05, 4.69) is 6.58 Å². The topological polar surface area (TPSA) is 46.6 Å². The predicted octanol–water partition coefficient (Wildman–Crippen LogP) is 2.92. The largest absolute Gasteiger partial charge is 0.444 e. The Labute approximate surface area is 109 Å². The minimum Gasteiger partial charge on any atom is -0.444 e. The van der Waals surface area contributed by atoms with Crippen molar-refractivity contribution in [3.8, 4) is 0 Å². The zero-order chi connectivity index (χ0) is 14.0. The molecule has 1 aliphatic rings. The van der Waals surface area contributed by atoms with E-state index in [1.54, 1.807) is 11.0 Å². The van der Waals surface area contributed by atoms with Crippen molar-refractivity contribution >= 4 is 11.9 Å². The van der Waals surface area contributed by atoms with Gasteiger partial charge in [0.15, 0.2) is 5.78 Å². The van der Waals surface area contributed by atoms with E-state index in [4.69, 9.17) is 4.74 Å². The smallest absolute Gasteiger partial charge is 0.411 e. The average molecular weight is 253 g/mol. The van der Waals surface area contributed by atoms with Crippen LogP contribution in [0.15, 0.2) is 12.7 Å². The van der Waals surface area contributed by atoms with E-state index in [1.165, 1.54) is 0 Å². The van der Waals surface area contributed by atoms with Crippen LogP contribution in [-0.2, 0) is 9.53 Å². The third-order valence-electron chi connectivity index (χ3n) is 3.19. The summed E-state index contributed by atoms with van der Waals surface area (Å²) < 4.78 is 5.35. The molecule has 0 aromatic rings. The molecule has 1 rings (SSSR count). The fourth-order valence-corrected chi connectivity index (χ4v) is 2.21. The van der Waals surface area contributed by atoms with Gasteiger partial charge in [0.05, 0.1) is 0 Å². The van der Waals surface area contributed by atoms with Gasteiger partial charge in [-0.05, 0) is 40.5 Å². The Hall–Kier alpha value is -1.32. The van der Waals surface area contributed by atoms with Gasteiger partial charge in [-0.1, -0.05) is 6.08 Å². The second-order valence-electron chi connectivity index (χ2n) is 5.93. The normalized spacial score (nSPS) is 23.9. The van der Waals surface area contributed by atoms with Crippen LogP contribution >= 0.6 is 0 Å². The van der Waals surface area contributed by atoms with Crippen LogP contribution < -0.4 is 0 Å². The number of likely N-dealkylation sites (tertiary alicyclic amines) is 1. The highest BCUT2D eigenvalue weighted by Crippen LogP contribution is 2.32. The summed E-state index contributed by atoms with van der Waals surface area (Å²) in [7, 11) is 0. The van der Waals surface area contributed by atoms with Gasteiger partial charge in [0, 0.05) is 13.0 Å². The Kier molecular flexibility index (Phi) is 4.20. The van der Waals surface area contributed by atoms with Crippen LogP contribution in [0.3, 0.4) is 0 Å². The first kappa shape index (κ1) is 14.7. The number of carbonyl (C=O) groups excluding carboxylic acids is 2. The van der Waals surface area contributed by atoms with Crippen LogP contribution in [0.5, 0.6) is 0 Å². The third-order valence-corrected chi connectivity index (χ3v) is 3.19. The van der Waals surface area contributed by atoms with Crippen LogP contribution in [0.25, 0.3) is 0 Å². The molecule has 1 fully saturated rings. The highest BCUT2D eigenvalue weighted by atomic mass is 16.6. The molecule has 1 saturated heterocycles. The molecular weight excluding hydrogens is 230 g/mol. The number of hydrogen-bond donors (Lipinski definition) is 0. The summed E-state index contributed by atoms with van der Waals surface area (Å²) in [5.41, 5.74) is -1.28. The summed E-state index contributed by atoms with van der Waals surface area (Å²) >= 11 is 0. The fraction of sp³-hybridized carbons (Fsp3) is 0.714. The molecule has 4 nitrogen and oxygen atoms in total. The zero-order valence-electron chi connectivity index (χ0n) is 11.8. The van der Waals surface area contributed by atoms with Crippen LogP contribution in [0.2, 0.25) is 0 Å². The Morgan fingerprint density at radius 1 is 1.44 bits per heavy atom. The molecule has 0 radical (unpaired) electrons. The molecule has 18 heavy (non-hydrogen) atoms. The number of nitrogens with zero attached hydrogens (tertiary/aromatic N) is 1. The van der Waals surface area contributed by atoms with Crippen LogP contribution in [0.4, 0.5) is 4.79 Å². The maximum Gasteiger partial charge on any atom is 0.411 e. The number of ether oxygens (including phenoxy) is 1. The van der Waals surface area contributed by atoms with Crippen molar-refractivity contribution in [2.45, 2.75) is 58.1 Å². The van der Waals surface area contributed by atoms with Crippen molar-refractivity contribution in [1.29, 1.82) is 0 Å². The Bertz CT molecular complexity index is 357. The summed E-state index contributed by atoms with van der Waals surface area (Å²) in [5.74, 6) is 0.0286. The first-order valence-corrected chi connectivity index (χ1v) is 6.35. The van der Waals surface area contributed by atoms with Gasteiger partial charge in [0.1, 0.15) is 11.1 Å². The molecule has 0 aliphatic carbocycles. The first-order valence-electron chi connectivity index (χ1n) is 6.35. The molecule has 1 heterocycles. The number of Topliss-reactive ketones (excluding diaryl/α,β-unsaturated/α-hetero) is 1. The van der Waals surface area contributed by atoms with Gasteiger partial charge in [-0.15, -0.1) is 6.58 Å². The molecule has 0 aromatic heterocycles. The molecule has 102 valence electrons. The van der Waals surface area contributed by atoms with E-state index >= 15 is 0 Å². The molecule has 0 aromatic carbocycles. The number of allylic oxidation sites excluding steroid dienone is 1. The molecule has 1 aliphatic heterocycles. The number of rotatable bonds is 3. The van der Waals surface area contributed by atoms with E-state index in [1.807, 2.05) is 27.7 Å². The molecule has 0 saturated carbocycles. The lowest BCUT2D eigenvalue weighted by Crippen LogP contribution is -2.52. The second-order valence-corrected chi connectivity index (χ2v) is 5.93. The lowest BCUT2D eigenvalue weighted by Gasteiger charge is -2.35. The van der Waals surface area contributed by atoms with E-state index in [0.29, 0.717) is 13.0 Å². The number of hydrogen-bond acceptors (Lipinski definition) is 3. The average Bonchev–Trinajstić information content (AvgIpc) is 2.59. The van der Waals surface area contributed by atoms with Crippen molar-refractivity contribution in [3.05, 3.63) is 12.7 Å². The SMILES string of the molecule is C=CCC(=O)[C@]1(C)CCCN1C(=O)OC(C)(C)C. The Morgan fingerprint density at radius 3 is 2.56 bits per heavy atom. The third kappa shape index (κ3) is 3.12. The molecule has 0 spiro atoms. The van der Waals surface area contributed by atoms with E-state index in [0.717, 1.165) is 6.42 Å². The van der Waals surface area contributed by atoms with Crippen LogP contribution in [0.1, 0.15) is 47.0 Å². The van der Waals surface area contributed by atoms with Gasteiger partial charge in [-0.25, -0.2) is 4.79 Å². The number of carbonyl (C=O) groups is 2. The standard InChI is InChI=1S/C14H23NO3/c1-6-8-11(16)14(5)9-7-10-15(14)12(17)18-13(2,3)4/h6H,1,7-10H2,2-5H3/t14-/m0/s1. The maximum absolute atomic E-state index is 12.1. The van der Waals surface area contributed by atoms with E-state index < -0.39 is 17.2 Å². The highest BCUT2D eigenvalue weighted by molar-refractivity contribution is 5.92. The predicted molar refractivity (Wildman–Crippen MR) is 70.4 cm³/mol. The minimum atomic E-state index is -0.740. The first-order chi connectivity index (χ1) is 8.20. The Balaban J connectivity index is 2.84. The molecule has 1 amide bonds. The van der Waals surface area contributed by atoms with Crippen molar-refractivity contribution in [3.63, 3.8) is 0 Å². The fourth-order valence-electron chi connectivity index (χ4n) is 2.21. The van der Waals surface area contributed by atoms with Gasteiger partial charge >= 0.3 is 6.09 Å². The molecule has 0 unspecified atom stereocenters. The van der Waals surface area contributed by atoms with Crippen molar-refractivity contribution in [2.24, 2.45) is 0 Å². The number of ketones is 1. The van der Waals surface area contributed by atoms with Crippen LogP contribution in [0, 0.1) is 0 Å². The van der Waals surface area contributed by atoms with E-state index in [9.17, 15) is 9.59 Å². The minimum absolute atomic E-state index is 0.0286. The summed E-state index contributed by atoms with van der Waals surface area (Å²) in [4.78, 5) is 25.8. The summed E-state index contributed by atoms with van der Waals surface area (Å²) in [6.45, 7) is 11.4. The van der Waals surface area contributed by atoms with Gasteiger partial charge in [-0.3, -0.25) is 9.69 Å². The molecular formula is C14H23NO3. The zero-order valence-corrected chi connectivity index (χ0v) is 11.8. The van der Waals surface area contributed by atoms with Crippen molar-refractivity contribution in [2.75, 3.05) is 6.54 Å². The lowest BCUT2D eigenvalue weighted by molar-refractivity contribution is -0.127. The van der Waals surface area contributed by atoms with Gasteiger partial charge in [-0.2, -0.15) is 0 Å². The van der Waals surface area contributed by atoms with E-state index in [-0.39, 0.29) is 12.2 Å². The lowest BCUT2D eigenvalue weighted by atomic mass is 9.91. The summed E-state index contributed by atoms with van der Waals surface area (Å²) in [6.07, 6.45) is 2.99. The van der Waals surface area contributed by atoms with Gasteiger partial charge in [0.25, 0.3) is 0 Å². The quantitative estimate of drug-likeness (QED) is 0.726. The molecule has 0 N–H and O–H groups in total. The monoisotopic (exact) mass is 253 g/mol. The Morgan fingerprint density at radius 2 is 2.06 bits per heavy atom. The van der Waals surface area contributed by atoms with Gasteiger partial charge in [0.2, 0.25) is 0 Å². The number of amides is 1. The highest BCUT2D eigenvalue weighted by Gasteiger charge is 2.46. The maximum atomic E-state index is 12.1. The molecule has 4 heteroatoms. The molecule has 0 bridgehead atoms.